The fourth-order valence-electron chi connectivity index (χ4n) is 2.89. The van der Waals surface area contributed by atoms with Crippen LogP contribution in [0.15, 0.2) is 30.5 Å². The third-order valence-electron chi connectivity index (χ3n) is 4.43. The molecule has 0 saturated carbocycles. The fourth-order valence-corrected chi connectivity index (χ4v) is 2.89. The first-order chi connectivity index (χ1) is 12.3. The van der Waals surface area contributed by atoms with Crippen molar-refractivity contribution in [2.45, 2.75) is 13.3 Å². The van der Waals surface area contributed by atoms with Gasteiger partial charge in [-0.3, -0.25) is 14.4 Å². The number of amides is 1. The summed E-state index contributed by atoms with van der Waals surface area (Å²) in [4.78, 5) is 49.1. The number of ketones is 2. The summed E-state index contributed by atoms with van der Waals surface area (Å²) in [6, 6.07) is 6.42. The van der Waals surface area contributed by atoms with Gasteiger partial charge in [0, 0.05) is 37.1 Å². The number of benzene rings is 1. The Kier molecular flexibility index (Phi) is 4.46. The highest BCUT2D eigenvalue weighted by molar-refractivity contribution is 6.04. The summed E-state index contributed by atoms with van der Waals surface area (Å²) in [6.45, 7) is 0.992. The molecule has 26 heavy (non-hydrogen) atoms. The van der Waals surface area contributed by atoms with Crippen molar-refractivity contribution < 1.29 is 23.9 Å². The molecule has 0 unspecified atom stereocenters. The first-order valence-corrected chi connectivity index (χ1v) is 8.05. The molecule has 0 radical (unpaired) electrons. The zero-order chi connectivity index (χ0) is 19.0. The van der Waals surface area contributed by atoms with Crippen LogP contribution in [0.3, 0.4) is 0 Å². The van der Waals surface area contributed by atoms with Gasteiger partial charge in [-0.05, 0) is 36.8 Å². The maximum Gasteiger partial charge on any atom is 0.355 e. The van der Waals surface area contributed by atoms with Crippen LogP contribution < -0.4 is 4.90 Å². The summed E-state index contributed by atoms with van der Waals surface area (Å²) in [7, 11) is 3.31. The minimum Gasteiger partial charge on any atom is -0.453 e. The van der Waals surface area contributed by atoms with Gasteiger partial charge in [0.2, 0.25) is 5.91 Å². The number of nitrogens with zero attached hydrogens (tertiary/aromatic N) is 2. The molecule has 0 saturated heterocycles. The second-order valence-electron chi connectivity index (χ2n) is 6.25. The average molecular weight is 354 g/mol. The molecule has 1 amide bonds. The number of likely N-dealkylation sites (N-methyl/N-ethyl adjacent to an activating group) is 1. The van der Waals surface area contributed by atoms with Crippen LogP contribution in [0.4, 0.5) is 5.69 Å². The minimum atomic E-state index is -0.676. The van der Waals surface area contributed by atoms with E-state index in [1.807, 2.05) is 0 Å². The Hall–Kier alpha value is -3.22. The van der Waals surface area contributed by atoms with Crippen LogP contribution in [0.1, 0.15) is 43.7 Å². The molecule has 1 aromatic carbocycles. The van der Waals surface area contributed by atoms with Crippen LogP contribution in [-0.4, -0.2) is 41.7 Å². The largest absolute Gasteiger partial charge is 0.453 e. The number of Topliss-reactive ketones (excluding diaryl/α,β-unsaturated/α-hetero) is 2. The van der Waals surface area contributed by atoms with E-state index in [9.17, 15) is 19.2 Å². The van der Waals surface area contributed by atoms with Crippen LogP contribution in [0.25, 0.3) is 0 Å². The molecule has 2 heterocycles. The number of fused-ring (bicyclic) bond motifs is 1. The molecule has 0 fully saturated rings. The first kappa shape index (κ1) is 17.6. The van der Waals surface area contributed by atoms with E-state index in [0.717, 1.165) is 11.3 Å². The molecule has 0 atom stereocenters. The number of hydrogen-bond donors (Lipinski definition) is 0. The number of aromatic nitrogens is 1. The van der Waals surface area contributed by atoms with E-state index in [2.05, 4.69) is 0 Å². The van der Waals surface area contributed by atoms with Crippen molar-refractivity contribution in [3.05, 3.63) is 52.8 Å². The molecule has 3 rings (SSSR count). The van der Waals surface area contributed by atoms with Gasteiger partial charge in [0.05, 0.1) is 6.42 Å². The molecular weight excluding hydrogens is 336 g/mol. The van der Waals surface area contributed by atoms with Crippen LogP contribution in [0.5, 0.6) is 0 Å². The summed E-state index contributed by atoms with van der Waals surface area (Å²) in [5, 5.41) is 0. The summed E-state index contributed by atoms with van der Waals surface area (Å²) in [6.07, 6.45) is 1.79. The third kappa shape index (κ3) is 3.15. The van der Waals surface area contributed by atoms with Crippen molar-refractivity contribution in [1.82, 2.24) is 4.57 Å². The molecule has 0 bridgehead atoms. The van der Waals surface area contributed by atoms with E-state index in [1.54, 1.807) is 37.2 Å². The van der Waals surface area contributed by atoms with Gasteiger partial charge in [-0.15, -0.1) is 0 Å². The van der Waals surface area contributed by atoms with Gasteiger partial charge in [0.25, 0.3) is 0 Å². The highest BCUT2D eigenvalue weighted by Gasteiger charge is 2.25. The SMILES string of the molecule is CC(=O)c1cc(C(=O)OCC(=O)c2ccc3c(c2)CC(=O)N3C)n(C)c1. The van der Waals surface area contributed by atoms with Gasteiger partial charge < -0.3 is 14.2 Å². The van der Waals surface area contributed by atoms with E-state index in [0.29, 0.717) is 11.1 Å². The zero-order valence-corrected chi connectivity index (χ0v) is 14.7. The summed E-state index contributed by atoms with van der Waals surface area (Å²) in [5.41, 5.74) is 2.55. The minimum absolute atomic E-state index is 0.0268. The number of esters is 1. The predicted octanol–water partition coefficient (Wildman–Crippen LogP) is 1.79. The van der Waals surface area contributed by atoms with Crippen LogP contribution in [0.2, 0.25) is 0 Å². The second kappa shape index (κ2) is 6.59. The highest BCUT2D eigenvalue weighted by Crippen LogP contribution is 2.28. The second-order valence-corrected chi connectivity index (χ2v) is 6.25. The Morgan fingerprint density at radius 2 is 1.85 bits per heavy atom. The van der Waals surface area contributed by atoms with Crippen molar-refractivity contribution >= 4 is 29.1 Å². The van der Waals surface area contributed by atoms with Crippen molar-refractivity contribution in [2.24, 2.45) is 7.05 Å². The number of hydrogen-bond acceptors (Lipinski definition) is 5. The van der Waals surface area contributed by atoms with Crippen LogP contribution in [0, 0.1) is 0 Å². The maximum atomic E-state index is 12.3. The van der Waals surface area contributed by atoms with E-state index in [1.165, 1.54) is 23.8 Å². The van der Waals surface area contributed by atoms with E-state index >= 15 is 0 Å². The van der Waals surface area contributed by atoms with E-state index < -0.39 is 12.6 Å². The first-order valence-electron chi connectivity index (χ1n) is 8.05. The Balaban J connectivity index is 1.68. The number of carbonyl (C=O) groups excluding carboxylic acids is 4. The molecule has 0 N–H and O–H groups in total. The lowest BCUT2D eigenvalue weighted by Gasteiger charge is -2.10. The summed E-state index contributed by atoms with van der Waals surface area (Å²) in [5.74, 6) is -1.22. The average Bonchev–Trinajstić information content (AvgIpc) is 3.12. The normalized spacial score (nSPS) is 12.9. The zero-order valence-electron chi connectivity index (χ0n) is 14.7. The Bertz CT molecular complexity index is 941. The quantitative estimate of drug-likeness (QED) is 0.604. The van der Waals surface area contributed by atoms with Gasteiger partial charge in [0.15, 0.2) is 18.2 Å². The molecular formula is C19H18N2O5. The van der Waals surface area contributed by atoms with Gasteiger partial charge in [-0.1, -0.05) is 0 Å². The molecule has 134 valence electrons. The summed E-state index contributed by atoms with van der Waals surface area (Å²) >= 11 is 0. The predicted molar refractivity (Wildman–Crippen MR) is 93.6 cm³/mol. The van der Waals surface area contributed by atoms with Crippen molar-refractivity contribution in [1.29, 1.82) is 0 Å². The highest BCUT2D eigenvalue weighted by atomic mass is 16.5. The topological polar surface area (TPSA) is 85.7 Å². The van der Waals surface area contributed by atoms with Crippen molar-refractivity contribution in [3.8, 4) is 0 Å². The molecule has 0 aliphatic carbocycles. The lowest BCUT2D eigenvalue weighted by atomic mass is 10.1. The number of anilines is 1. The van der Waals surface area contributed by atoms with E-state index in [-0.39, 0.29) is 29.6 Å². The monoisotopic (exact) mass is 354 g/mol. The number of aryl methyl sites for hydroxylation is 1. The molecule has 1 aliphatic heterocycles. The molecule has 1 aliphatic rings. The van der Waals surface area contributed by atoms with Gasteiger partial charge >= 0.3 is 5.97 Å². The van der Waals surface area contributed by atoms with Crippen molar-refractivity contribution in [2.75, 3.05) is 18.6 Å². The Labute approximate surface area is 150 Å². The van der Waals surface area contributed by atoms with Gasteiger partial charge in [0.1, 0.15) is 5.69 Å². The maximum absolute atomic E-state index is 12.3. The third-order valence-corrected chi connectivity index (χ3v) is 4.43. The van der Waals surface area contributed by atoms with E-state index in [4.69, 9.17) is 4.74 Å². The molecule has 2 aromatic rings. The standard InChI is InChI=1S/C19H18N2O5/c1-11(22)14-7-16(20(2)9-14)19(25)26-10-17(23)12-4-5-15-13(6-12)8-18(24)21(15)3/h4-7,9H,8,10H2,1-3H3. The lowest BCUT2D eigenvalue weighted by Crippen LogP contribution is -2.20. The fraction of sp³-hybridized carbons (Fsp3) is 0.263. The molecule has 7 nitrogen and oxygen atoms in total. The van der Waals surface area contributed by atoms with Crippen LogP contribution >= 0.6 is 0 Å². The van der Waals surface area contributed by atoms with Crippen molar-refractivity contribution in [3.63, 3.8) is 0 Å². The number of rotatable bonds is 5. The molecule has 7 heteroatoms. The number of carbonyl (C=O) groups is 4. The summed E-state index contributed by atoms with van der Waals surface area (Å²) < 4.78 is 6.57. The van der Waals surface area contributed by atoms with Gasteiger partial charge in [-0.25, -0.2) is 4.79 Å². The molecule has 0 spiro atoms. The number of ether oxygens (including phenoxy) is 1. The molecule has 1 aromatic heterocycles. The Morgan fingerprint density at radius 1 is 1.12 bits per heavy atom. The lowest BCUT2D eigenvalue weighted by molar-refractivity contribution is -0.117. The van der Waals surface area contributed by atoms with Crippen LogP contribution in [-0.2, 0) is 23.0 Å². The van der Waals surface area contributed by atoms with Gasteiger partial charge in [-0.2, -0.15) is 0 Å². The Morgan fingerprint density at radius 3 is 2.50 bits per heavy atom. The smallest absolute Gasteiger partial charge is 0.355 e.